The summed E-state index contributed by atoms with van der Waals surface area (Å²) in [5, 5.41) is 5.35. The second-order valence-electron chi connectivity index (χ2n) is 4.87. The summed E-state index contributed by atoms with van der Waals surface area (Å²) in [6, 6.07) is 0.148. The zero-order chi connectivity index (χ0) is 12.9. The topological polar surface area (TPSA) is 49.0 Å². The van der Waals surface area contributed by atoms with Gasteiger partial charge in [-0.05, 0) is 18.8 Å². The minimum atomic E-state index is -4.64. The Hall–Kier alpha value is -1.53. The first-order valence-electron chi connectivity index (χ1n) is 5.90. The van der Waals surface area contributed by atoms with Crippen LogP contribution in [0.2, 0.25) is 0 Å². The highest BCUT2D eigenvalue weighted by molar-refractivity contribution is 5.55. The van der Waals surface area contributed by atoms with Gasteiger partial charge in [-0.3, -0.25) is 4.79 Å². The van der Waals surface area contributed by atoms with Crippen molar-refractivity contribution in [3.63, 3.8) is 0 Å². The molecule has 1 saturated carbocycles. The van der Waals surface area contributed by atoms with E-state index < -0.39 is 17.3 Å². The molecule has 0 spiro atoms. The lowest BCUT2D eigenvalue weighted by Crippen LogP contribution is -2.54. The number of H-pyrrole nitrogens is 1. The number of hydrogen-bond acceptors (Lipinski definition) is 3. The molecule has 0 aromatic carbocycles. The van der Waals surface area contributed by atoms with Gasteiger partial charge in [0.2, 0.25) is 0 Å². The highest BCUT2D eigenvalue weighted by Gasteiger charge is 2.46. The van der Waals surface area contributed by atoms with Gasteiger partial charge in [0.25, 0.3) is 5.56 Å². The van der Waals surface area contributed by atoms with E-state index in [4.69, 9.17) is 0 Å². The molecule has 1 saturated heterocycles. The Balaban J connectivity index is 2.02. The molecule has 1 N–H and O–H groups in total. The lowest BCUT2D eigenvalue weighted by molar-refractivity contribution is -0.138. The fraction of sp³-hybridized carbons (Fsp3) is 0.636. The van der Waals surface area contributed by atoms with E-state index in [-0.39, 0.29) is 11.7 Å². The fourth-order valence-corrected chi connectivity index (χ4v) is 3.05. The normalized spacial score (nSPS) is 26.9. The number of alkyl halides is 3. The van der Waals surface area contributed by atoms with Crippen LogP contribution in [0.5, 0.6) is 0 Å². The molecule has 2 atom stereocenters. The molecule has 4 nitrogen and oxygen atoms in total. The minimum absolute atomic E-state index is 0.0746. The van der Waals surface area contributed by atoms with Crippen LogP contribution >= 0.6 is 0 Å². The smallest absolute Gasteiger partial charge is 0.366 e. The monoisotopic (exact) mass is 259 g/mol. The quantitative estimate of drug-likeness (QED) is 0.836. The summed E-state index contributed by atoms with van der Waals surface area (Å²) in [5.74, 6) is 0.477. The van der Waals surface area contributed by atoms with Crippen LogP contribution in [0, 0.1) is 5.92 Å². The number of halogens is 3. The highest BCUT2D eigenvalue weighted by Crippen LogP contribution is 2.44. The molecular formula is C11H12F3N3O. The van der Waals surface area contributed by atoms with Gasteiger partial charge in [-0.1, -0.05) is 6.42 Å². The molecule has 3 rings (SSSR count). The lowest BCUT2D eigenvalue weighted by Gasteiger charge is -2.46. The van der Waals surface area contributed by atoms with Gasteiger partial charge in [0, 0.05) is 12.6 Å². The van der Waals surface area contributed by atoms with E-state index in [0.717, 1.165) is 25.5 Å². The molecule has 0 bridgehead atoms. The van der Waals surface area contributed by atoms with Crippen LogP contribution in [-0.2, 0) is 6.18 Å². The number of fused-ring (bicyclic) bond motifs is 1. The van der Waals surface area contributed by atoms with E-state index in [1.807, 2.05) is 5.10 Å². The van der Waals surface area contributed by atoms with Gasteiger partial charge in [0.05, 0.1) is 11.9 Å². The second kappa shape index (κ2) is 3.73. The number of aromatic nitrogens is 2. The number of nitrogens with one attached hydrogen (secondary N) is 1. The summed E-state index contributed by atoms with van der Waals surface area (Å²) < 4.78 is 38.7. The number of aromatic amines is 1. The summed E-state index contributed by atoms with van der Waals surface area (Å²) in [5.41, 5.74) is -2.36. The Kier molecular flexibility index (Phi) is 2.39. The van der Waals surface area contributed by atoms with Crippen molar-refractivity contribution in [2.45, 2.75) is 31.5 Å². The molecule has 0 amide bonds. The first-order chi connectivity index (χ1) is 8.48. The predicted octanol–water partition coefficient (Wildman–Crippen LogP) is 1.78. The van der Waals surface area contributed by atoms with Crippen LogP contribution in [-0.4, -0.2) is 22.8 Å². The van der Waals surface area contributed by atoms with E-state index in [2.05, 4.69) is 5.10 Å². The van der Waals surface area contributed by atoms with Gasteiger partial charge in [-0.15, -0.1) is 0 Å². The highest BCUT2D eigenvalue weighted by atomic mass is 19.4. The summed E-state index contributed by atoms with van der Waals surface area (Å²) in [6.45, 7) is 0.596. The van der Waals surface area contributed by atoms with Crippen molar-refractivity contribution >= 4 is 5.69 Å². The first kappa shape index (κ1) is 11.6. The van der Waals surface area contributed by atoms with Crippen molar-refractivity contribution in [3.8, 4) is 0 Å². The number of hydrogen-bond donors (Lipinski definition) is 1. The van der Waals surface area contributed by atoms with Crippen molar-refractivity contribution in [1.82, 2.24) is 10.2 Å². The summed E-state index contributed by atoms with van der Waals surface area (Å²) >= 11 is 0. The molecular weight excluding hydrogens is 247 g/mol. The average Bonchev–Trinajstić information content (AvgIpc) is 2.58. The molecule has 1 aliphatic carbocycles. The first-order valence-corrected chi connectivity index (χ1v) is 5.90. The number of nitrogens with zero attached hydrogens (tertiary/aromatic N) is 2. The van der Waals surface area contributed by atoms with Crippen molar-refractivity contribution in [3.05, 3.63) is 22.1 Å². The Labute approximate surface area is 101 Å². The third-order valence-corrected chi connectivity index (χ3v) is 3.88. The lowest BCUT2D eigenvalue weighted by atomic mass is 9.91. The van der Waals surface area contributed by atoms with E-state index in [1.54, 1.807) is 4.90 Å². The largest absolute Gasteiger partial charge is 0.423 e. The van der Waals surface area contributed by atoms with Crippen LogP contribution in [0.4, 0.5) is 18.9 Å². The third-order valence-electron chi connectivity index (χ3n) is 3.88. The molecule has 7 heteroatoms. The van der Waals surface area contributed by atoms with E-state index in [0.29, 0.717) is 12.5 Å². The molecule has 2 aliphatic rings. The molecule has 0 radical (unpaired) electrons. The molecule has 1 aliphatic heterocycles. The van der Waals surface area contributed by atoms with Crippen LogP contribution < -0.4 is 10.5 Å². The van der Waals surface area contributed by atoms with Crippen LogP contribution in [0.15, 0.2) is 11.0 Å². The summed E-state index contributed by atoms with van der Waals surface area (Å²) in [6.07, 6.45) is -0.522. The molecule has 98 valence electrons. The van der Waals surface area contributed by atoms with Crippen molar-refractivity contribution in [2.24, 2.45) is 5.92 Å². The maximum atomic E-state index is 12.9. The summed E-state index contributed by atoms with van der Waals surface area (Å²) in [7, 11) is 0. The molecule has 1 aromatic heterocycles. The fourth-order valence-electron chi connectivity index (χ4n) is 3.05. The Morgan fingerprint density at radius 3 is 2.83 bits per heavy atom. The maximum Gasteiger partial charge on any atom is 0.423 e. The van der Waals surface area contributed by atoms with Crippen molar-refractivity contribution in [1.29, 1.82) is 0 Å². The van der Waals surface area contributed by atoms with Gasteiger partial charge < -0.3 is 4.90 Å². The maximum absolute atomic E-state index is 12.9. The summed E-state index contributed by atoms with van der Waals surface area (Å²) in [4.78, 5) is 13.0. The minimum Gasteiger partial charge on any atom is -0.366 e. The van der Waals surface area contributed by atoms with Crippen LogP contribution in [0.25, 0.3) is 0 Å². The van der Waals surface area contributed by atoms with E-state index in [1.165, 1.54) is 0 Å². The predicted molar refractivity (Wildman–Crippen MR) is 58.3 cm³/mol. The van der Waals surface area contributed by atoms with Crippen LogP contribution in [0.3, 0.4) is 0 Å². The Bertz CT molecular complexity index is 525. The van der Waals surface area contributed by atoms with Gasteiger partial charge in [-0.25, -0.2) is 5.10 Å². The third kappa shape index (κ3) is 1.60. The average molecular weight is 259 g/mol. The van der Waals surface area contributed by atoms with E-state index in [9.17, 15) is 18.0 Å². The molecule has 2 heterocycles. The van der Waals surface area contributed by atoms with Crippen molar-refractivity contribution in [2.75, 3.05) is 11.4 Å². The van der Waals surface area contributed by atoms with Gasteiger partial charge in [0.1, 0.15) is 5.56 Å². The molecule has 18 heavy (non-hydrogen) atoms. The van der Waals surface area contributed by atoms with Gasteiger partial charge >= 0.3 is 6.18 Å². The molecule has 2 fully saturated rings. The Morgan fingerprint density at radius 1 is 1.39 bits per heavy atom. The molecule has 0 unspecified atom stereocenters. The zero-order valence-corrected chi connectivity index (χ0v) is 9.50. The number of rotatable bonds is 1. The standard InChI is InChI=1S/C11H12F3N3O/c12-11(13,14)9-8(4-15-16-10(9)18)17-5-6-2-1-3-7(6)17/h4,6-7H,1-3,5H2,(H,16,18)/t6-,7+/m0/s1. The molecule has 1 aromatic rings. The second-order valence-corrected chi connectivity index (χ2v) is 4.87. The van der Waals surface area contributed by atoms with Gasteiger partial charge in [0.15, 0.2) is 0 Å². The van der Waals surface area contributed by atoms with Crippen molar-refractivity contribution < 1.29 is 13.2 Å². The van der Waals surface area contributed by atoms with Crippen LogP contribution in [0.1, 0.15) is 24.8 Å². The van der Waals surface area contributed by atoms with Gasteiger partial charge in [-0.2, -0.15) is 18.3 Å². The zero-order valence-electron chi connectivity index (χ0n) is 9.50. The Morgan fingerprint density at radius 2 is 2.17 bits per heavy atom. The van der Waals surface area contributed by atoms with E-state index >= 15 is 0 Å². The number of anilines is 1. The SMILES string of the molecule is O=c1[nH]ncc(N2C[C@@H]3CCC[C@H]32)c1C(F)(F)F.